The second kappa shape index (κ2) is 9.46. The normalized spacial score (nSPS) is 19.6. The van der Waals surface area contributed by atoms with Crippen molar-refractivity contribution >= 4 is 29.9 Å². The zero-order valence-electron chi connectivity index (χ0n) is 14.4. The third-order valence-electron chi connectivity index (χ3n) is 4.63. The molecule has 0 amide bonds. The summed E-state index contributed by atoms with van der Waals surface area (Å²) >= 11 is 0. The fraction of sp³-hybridized carbons (Fsp3) is 0.611. The van der Waals surface area contributed by atoms with Crippen LogP contribution in [0.1, 0.15) is 38.2 Å². The largest absolute Gasteiger partial charge is 0.508 e. The van der Waals surface area contributed by atoms with E-state index in [4.69, 9.17) is 0 Å². The van der Waals surface area contributed by atoms with E-state index in [-0.39, 0.29) is 24.0 Å². The van der Waals surface area contributed by atoms with Crippen molar-refractivity contribution in [3.8, 4) is 5.75 Å². The first-order valence-corrected chi connectivity index (χ1v) is 8.81. The highest BCUT2D eigenvalue weighted by atomic mass is 127. The Morgan fingerprint density at radius 1 is 1.17 bits per heavy atom. The van der Waals surface area contributed by atoms with Gasteiger partial charge < -0.3 is 20.6 Å². The van der Waals surface area contributed by atoms with Gasteiger partial charge in [0.25, 0.3) is 0 Å². The van der Waals surface area contributed by atoms with Crippen molar-refractivity contribution in [2.24, 2.45) is 4.99 Å². The first-order valence-electron chi connectivity index (χ1n) is 8.81. The van der Waals surface area contributed by atoms with Crippen LogP contribution in [0.15, 0.2) is 29.3 Å². The lowest BCUT2D eigenvalue weighted by Gasteiger charge is -2.33. The van der Waals surface area contributed by atoms with Crippen molar-refractivity contribution in [1.29, 1.82) is 0 Å². The second-order valence-electron chi connectivity index (χ2n) is 6.55. The summed E-state index contributed by atoms with van der Waals surface area (Å²) in [7, 11) is 0. The molecule has 0 aromatic heterocycles. The van der Waals surface area contributed by atoms with Crippen molar-refractivity contribution in [3.05, 3.63) is 29.8 Å². The van der Waals surface area contributed by atoms with Gasteiger partial charge in [0.1, 0.15) is 5.75 Å². The summed E-state index contributed by atoms with van der Waals surface area (Å²) in [5, 5.41) is 16.2. The second-order valence-corrected chi connectivity index (χ2v) is 6.55. The van der Waals surface area contributed by atoms with Crippen LogP contribution in [0.25, 0.3) is 0 Å². The summed E-state index contributed by atoms with van der Waals surface area (Å²) in [5.41, 5.74) is 1.10. The Bertz CT molecular complexity index is 522. The highest BCUT2D eigenvalue weighted by molar-refractivity contribution is 14.0. The van der Waals surface area contributed by atoms with Crippen molar-refractivity contribution in [1.82, 2.24) is 15.5 Å². The lowest BCUT2D eigenvalue weighted by atomic mass is 10.1. The number of benzene rings is 1. The van der Waals surface area contributed by atoms with Crippen molar-refractivity contribution in [2.75, 3.05) is 19.6 Å². The number of aliphatic imine (C=N–C) groups is 1. The van der Waals surface area contributed by atoms with Gasteiger partial charge in [-0.05, 0) is 50.3 Å². The molecule has 2 aliphatic rings. The number of likely N-dealkylation sites (tertiary alicyclic amines) is 1. The maximum atomic E-state index is 9.33. The Morgan fingerprint density at radius 2 is 1.83 bits per heavy atom. The average molecular weight is 444 g/mol. The molecule has 1 saturated heterocycles. The molecular weight excluding hydrogens is 415 g/mol. The van der Waals surface area contributed by atoms with Gasteiger partial charge in [0.2, 0.25) is 0 Å². The van der Waals surface area contributed by atoms with Gasteiger partial charge in [-0.2, -0.15) is 0 Å². The van der Waals surface area contributed by atoms with E-state index in [1.165, 1.54) is 38.8 Å². The molecular formula is C18H29IN4O. The lowest BCUT2D eigenvalue weighted by molar-refractivity contribution is 0.197. The smallest absolute Gasteiger partial charge is 0.191 e. The molecule has 0 unspecified atom stereocenters. The third-order valence-corrected chi connectivity index (χ3v) is 4.63. The van der Waals surface area contributed by atoms with Crippen LogP contribution in [-0.2, 0) is 6.54 Å². The number of phenolic OH excluding ortho intramolecular Hbond substituents is 1. The SMILES string of the molecule is CCNC(=NCc1ccc(O)cc1)NC1CCN(C2CC2)CC1.I. The Morgan fingerprint density at radius 3 is 2.42 bits per heavy atom. The predicted octanol–water partition coefficient (Wildman–Crippen LogP) is 2.69. The molecule has 0 spiro atoms. The molecule has 24 heavy (non-hydrogen) atoms. The number of hydrogen-bond acceptors (Lipinski definition) is 3. The minimum Gasteiger partial charge on any atom is -0.508 e. The minimum atomic E-state index is 0. The van der Waals surface area contributed by atoms with E-state index >= 15 is 0 Å². The standard InChI is InChI=1S/C18H28N4O.HI/c1-2-19-18(20-13-14-3-7-17(23)8-4-14)21-15-9-11-22(12-10-15)16-5-6-16;/h3-4,7-8,15-16,23H,2,5-6,9-13H2,1H3,(H2,19,20,21);1H. The first kappa shape index (κ1) is 19.3. The van der Waals surface area contributed by atoms with E-state index in [1.807, 2.05) is 12.1 Å². The molecule has 5 nitrogen and oxygen atoms in total. The van der Waals surface area contributed by atoms with Crippen LogP contribution in [0.2, 0.25) is 0 Å². The zero-order valence-corrected chi connectivity index (χ0v) is 16.7. The fourth-order valence-corrected chi connectivity index (χ4v) is 3.13. The molecule has 1 aliphatic carbocycles. The minimum absolute atomic E-state index is 0. The number of guanidine groups is 1. The molecule has 3 N–H and O–H groups in total. The maximum absolute atomic E-state index is 9.33. The van der Waals surface area contributed by atoms with Gasteiger partial charge in [-0.1, -0.05) is 12.1 Å². The van der Waals surface area contributed by atoms with E-state index in [0.717, 1.165) is 24.1 Å². The molecule has 134 valence electrons. The van der Waals surface area contributed by atoms with Crippen LogP contribution in [0, 0.1) is 0 Å². The van der Waals surface area contributed by atoms with Gasteiger partial charge in [-0.25, -0.2) is 4.99 Å². The van der Waals surface area contributed by atoms with E-state index in [9.17, 15) is 5.11 Å². The highest BCUT2D eigenvalue weighted by Crippen LogP contribution is 2.29. The fourth-order valence-electron chi connectivity index (χ4n) is 3.13. The molecule has 3 rings (SSSR count). The first-order chi connectivity index (χ1) is 11.2. The maximum Gasteiger partial charge on any atom is 0.191 e. The summed E-state index contributed by atoms with van der Waals surface area (Å²) in [6.45, 7) is 5.99. The summed E-state index contributed by atoms with van der Waals surface area (Å²) in [6.07, 6.45) is 5.18. The molecule has 2 fully saturated rings. The van der Waals surface area contributed by atoms with Crippen molar-refractivity contribution in [3.63, 3.8) is 0 Å². The molecule has 6 heteroatoms. The summed E-state index contributed by atoms with van der Waals surface area (Å²) in [5.74, 6) is 1.19. The van der Waals surface area contributed by atoms with Crippen LogP contribution in [0.5, 0.6) is 5.75 Å². The lowest BCUT2D eigenvalue weighted by Crippen LogP contribution is -2.49. The molecule has 1 aromatic rings. The Balaban J connectivity index is 0.00000208. The predicted molar refractivity (Wildman–Crippen MR) is 109 cm³/mol. The summed E-state index contributed by atoms with van der Waals surface area (Å²) in [6, 6.07) is 8.64. The molecule has 1 aromatic carbocycles. The monoisotopic (exact) mass is 444 g/mol. The van der Waals surface area contributed by atoms with E-state index in [2.05, 4.69) is 27.4 Å². The number of nitrogens with one attached hydrogen (secondary N) is 2. The quantitative estimate of drug-likeness (QED) is 0.372. The molecule has 1 heterocycles. The highest BCUT2D eigenvalue weighted by Gasteiger charge is 2.31. The van der Waals surface area contributed by atoms with Gasteiger partial charge in [0.05, 0.1) is 6.54 Å². The van der Waals surface area contributed by atoms with Crippen molar-refractivity contribution in [2.45, 2.75) is 51.2 Å². The topological polar surface area (TPSA) is 59.9 Å². The van der Waals surface area contributed by atoms with Gasteiger partial charge in [-0.15, -0.1) is 24.0 Å². The number of halogens is 1. The van der Waals surface area contributed by atoms with Gasteiger partial charge in [-0.3, -0.25) is 0 Å². The number of piperidine rings is 1. The van der Waals surface area contributed by atoms with Crippen LogP contribution >= 0.6 is 24.0 Å². The third kappa shape index (κ3) is 5.81. The van der Waals surface area contributed by atoms with Gasteiger partial charge in [0.15, 0.2) is 5.96 Å². The summed E-state index contributed by atoms with van der Waals surface area (Å²) in [4.78, 5) is 7.31. The molecule has 1 aliphatic heterocycles. The molecule has 0 bridgehead atoms. The number of hydrogen-bond donors (Lipinski definition) is 3. The average Bonchev–Trinajstić information content (AvgIpc) is 3.40. The number of phenols is 1. The Labute approximate surface area is 161 Å². The molecule has 1 saturated carbocycles. The van der Waals surface area contributed by atoms with Crippen LogP contribution in [0.4, 0.5) is 0 Å². The molecule has 0 atom stereocenters. The Kier molecular flexibility index (Phi) is 7.61. The van der Waals surface area contributed by atoms with Crippen molar-refractivity contribution < 1.29 is 5.11 Å². The number of aromatic hydroxyl groups is 1. The number of rotatable bonds is 5. The zero-order chi connectivity index (χ0) is 16.1. The van der Waals surface area contributed by atoms with Gasteiger partial charge >= 0.3 is 0 Å². The van der Waals surface area contributed by atoms with Crippen LogP contribution in [0.3, 0.4) is 0 Å². The molecule has 0 radical (unpaired) electrons. The van der Waals surface area contributed by atoms with Crippen LogP contribution in [-0.4, -0.2) is 47.7 Å². The van der Waals surface area contributed by atoms with E-state index < -0.39 is 0 Å². The van der Waals surface area contributed by atoms with E-state index in [0.29, 0.717) is 18.3 Å². The van der Waals surface area contributed by atoms with Gasteiger partial charge in [0, 0.05) is 31.7 Å². The van der Waals surface area contributed by atoms with E-state index in [1.54, 1.807) is 12.1 Å². The summed E-state index contributed by atoms with van der Waals surface area (Å²) < 4.78 is 0. The number of nitrogens with zero attached hydrogens (tertiary/aromatic N) is 2. The Hall–Kier alpha value is -1.02. The van der Waals surface area contributed by atoms with Crippen LogP contribution < -0.4 is 10.6 Å².